The van der Waals surface area contributed by atoms with E-state index in [9.17, 15) is 0 Å². The van der Waals surface area contributed by atoms with E-state index in [1.807, 2.05) is 18.2 Å². The Labute approximate surface area is 121 Å². The van der Waals surface area contributed by atoms with Crippen molar-refractivity contribution in [2.75, 3.05) is 54.0 Å². The normalized spacial score (nSPS) is 15.7. The summed E-state index contributed by atoms with van der Waals surface area (Å²) in [7, 11) is 6.25. The molecule has 0 aliphatic carbocycles. The average molecular weight is 279 g/mol. The number of hydrogen-bond acceptors (Lipinski definition) is 5. The van der Waals surface area contributed by atoms with Crippen LogP contribution in [-0.4, -0.2) is 63.8 Å². The molecule has 0 radical (unpaired) electrons. The molecule has 5 heteroatoms. The number of likely N-dealkylation sites (N-methyl/N-ethyl adjacent to an activating group) is 2. The summed E-state index contributed by atoms with van der Waals surface area (Å²) >= 11 is 0. The van der Waals surface area contributed by atoms with Gasteiger partial charge in [-0.15, -0.1) is 0 Å². The summed E-state index contributed by atoms with van der Waals surface area (Å²) in [6.07, 6.45) is 0. The molecule has 20 heavy (non-hydrogen) atoms. The van der Waals surface area contributed by atoms with Crippen LogP contribution in [0.25, 0.3) is 0 Å². The van der Waals surface area contributed by atoms with Crippen molar-refractivity contribution in [1.82, 2.24) is 9.80 Å². The molecule has 1 heterocycles. The number of rotatable bonds is 6. The summed E-state index contributed by atoms with van der Waals surface area (Å²) in [4.78, 5) is 4.42. The first kappa shape index (κ1) is 15.1. The van der Waals surface area contributed by atoms with Gasteiger partial charge < -0.3 is 25.0 Å². The fourth-order valence-corrected chi connectivity index (χ4v) is 2.19. The lowest BCUT2D eigenvalue weighted by molar-refractivity contribution is 0.171. The predicted octanol–water partition coefficient (Wildman–Crippen LogP) is 0.951. The molecule has 1 atom stereocenters. The molecular weight excluding hydrogens is 254 g/mol. The van der Waals surface area contributed by atoms with Crippen LogP contribution in [0.2, 0.25) is 0 Å². The van der Waals surface area contributed by atoms with Crippen molar-refractivity contribution >= 4 is 0 Å². The minimum Gasteiger partial charge on any atom is -0.486 e. The van der Waals surface area contributed by atoms with Gasteiger partial charge in [-0.1, -0.05) is 6.07 Å². The van der Waals surface area contributed by atoms with Gasteiger partial charge in [0.1, 0.15) is 13.2 Å². The quantitative estimate of drug-likeness (QED) is 0.840. The average Bonchev–Trinajstić information content (AvgIpc) is 2.44. The third-order valence-electron chi connectivity index (χ3n) is 3.43. The van der Waals surface area contributed by atoms with E-state index >= 15 is 0 Å². The lowest BCUT2D eigenvalue weighted by atomic mass is 10.1. The molecule has 1 aliphatic rings. The van der Waals surface area contributed by atoms with E-state index < -0.39 is 0 Å². The number of ether oxygens (including phenoxy) is 2. The van der Waals surface area contributed by atoms with Crippen molar-refractivity contribution in [2.24, 2.45) is 5.73 Å². The highest BCUT2D eigenvalue weighted by molar-refractivity contribution is 5.44. The van der Waals surface area contributed by atoms with E-state index in [1.54, 1.807) is 0 Å². The van der Waals surface area contributed by atoms with E-state index in [1.165, 1.54) is 0 Å². The van der Waals surface area contributed by atoms with Crippen LogP contribution >= 0.6 is 0 Å². The summed E-state index contributed by atoms with van der Waals surface area (Å²) in [6, 6.07) is 5.96. The molecule has 1 aromatic carbocycles. The molecule has 0 fully saturated rings. The highest BCUT2D eigenvalue weighted by atomic mass is 16.6. The Morgan fingerprint density at radius 2 is 1.80 bits per heavy atom. The van der Waals surface area contributed by atoms with Gasteiger partial charge >= 0.3 is 0 Å². The van der Waals surface area contributed by atoms with Gasteiger partial charge in [0.2, 0.25) is 0 Å². The van der Waals surface area contributed by atoms with Crippen LogP contribution < -0.4 is 15.2 Å². The van der Waals surface area contributed by atoms with Crippen LogP contribution in [0, 0.1) is 0 Å². The summed E-state index contributed by atoms with van der Waals surface area (Å²) in [5.41, 5.74) is 7.37. The third kappa shape index (κ3) is 4.10. The zero-order valence-electron chi connectivity index (χ0n) is 12.6. The Balaban J connectivity index is 1.93. The molecule has 112 valence electrons. The Kier molecular flexibility index (Phi) is 5.23. The first-order valence-electron chi connectivity index (χ1n) is 7.04. The molecule has 1 aliphatic heterocycles. The summed E-state index contributed by atoms with van der Waals surface area (Å²) < 4.78 is 11.1. The second-order valence-electron chi connectivity index (χ2n) is 5.58. The largest absolute Gasteiger partial charge is 0.486 e. The Bertz CT molecular complexity index is 437. The van der Waals surface area contributed by atoms with Crippen LogP contribution in [0.15, 0.2) is 18.2 Å². The number of nitrogens with zero attached hydrogens (tertiary/aromatic N) is 2. The second kappa shape index (κ2) is 6.92. The number of hydrogen-bond donors (Lipinski definition) is 1. The van der Waals surface area contributed by atoms with Gasteiger partial charge in [0.15, 0.2) is 11.5 Å². The predicted molar refractivity (Wildman–Crippen MR) is 80.4 cm³/mol. The van der Waals surface area contributed by atoms with E-state index in [-0.39, 0.29) is 6.04 Å². The summed E-state index contributed by atoms with van der Waals surface area (Å²) in [5.74, 6) is 1.62. The molecule has 0 saturated heterocycles. The highest BCUT2D eigenvalue weighted by Gasteiger charge is 2.15. The van der Waals surface area contributed by atoms with Crippen molar-refractivity contribution in [3.05, 3.63) is 23.8 Å². The zero-order chi connectivity index (χ0) is 14.5. The monoisotopic (exact) mass is 279 g/mol. The topological polar surface area (TPSA) is 51.0 Å². The van der Waals surface area contributed by atoms with Gasteiger partial charge in [-0.3, -0.25) is 0 Å². The molecule has 0 aromatic heterocycles. The van der Waals surface area contributed by atoms with Crippen molar-refractivity contribution in [3.63, 3.8) is 0 Å². The van der Waals surface area contributed by atoms with Crippen LogP contribution in [0.4, 0.5) is 0 Å². The highest BCUT2D eigenvalue weighted by Crippen LogP contribution is 2.32. The Morgan fingerprint density at radius 3 is 2.50 bits per heavy atom. The van der Waals surface area contributed by atoms with Gasteiger partial charge in [-0.2, -0.15) is 0 Å². The fraction of sp³-hybridized carbons (Fsp3) is 0.600. The molecule has 0 amide bonds. The Morgan fingerprint density at radius 1 is 1.10 bits per heavy atom. The molecule has 1 aromatic rings. The van der Waals surface area contributed by atoms with Gasteiger partial charge in [-0.25, -0.2) is 0 Å². The van der Waals surface area contributed by atoms with Crippen LogP contribution in [0.5, 0.6) is 11.5 Å². The molecule has 0 saturated carbocycles. The van der Waals surface area contributed by atoms with Gasteiger partial charge in [0, 0.05) is 25.7 Å². The molecule has 5 nitrogen and oxygen atoms in total. The first-order valence-corrected chi connectivity index (χ1v) is 7.04. The smallest absolute Gasteiger partial charge is 0.161 e. The second-order valence-corrected chi connectivity index (χ2v) is 5.58. The van der Waals surface area contributed by atoms with E-state index in [0.717, 1.165) is 36.7 Å². The van der Waals surface area contributed by atoms with Crippen LogP contribution in [-0.2, 0) is 0 Å². The molecule has 0 bridgehead atoms. The van der Waals surface area contributed by atoms with Gasteiger partial charge in [0.25, 0.3) is 0 Å². The van der Waals surface area contributed by atoms with Gasteiger partial charge in [0.05, 0.1) is 0 Å². The number of nitrogens with two attached hydrogens (primary N) is 1. The molecular formula is C15H25N3O2. The molecule has 2 N–H and O–H groups in total. The lowest BCUT2D eigenvalue weighted by Crippen LogP contribution is -2.34. The molecule has 1 unspecified atom stereocenters. The minimum absolute atomic E-state index is 0.0158. The summed E-state index contributed by atoms with van der Waals surface area (Å²) in [6.45, 7) is 4.09. The SMILES string of the molecule is CN(C)CCN(C)CC(N)c1ccc2c(c1)OCCO2. The van der Waals surface area contributed by atoms with Crippen LogP contribution in [0.1, 0.15) is 11.6 Å². The fourth-order valence-electron chi connectivity index (χ4n) is 2.19. The minimum atomic E-state index is -0.0158. The van der Waals surface area contributed by atoms with Gasteiger partial charge in [-0.05, 0) is 38.8 Å². The molecule has 2 rings (SSSR count). The molecule has 0 spiro atoms. The Hall–Kier alpha value is -1.30. The third-order valence-corrected chi connectivity index (χ3v) is 3.43. The number of fused-ring (bicyclic) bond motifs is 1. The standard InChI is InChI=1S/C15H25N3O2/c1-17(2)6-7-18(3)11-13(16)12-4-5-14-15(10-12)20-9-8-19-14/h4-5,10,13H,6-9,11,16H2,1-3H3. The van der Waals surface area contributed by atoms with Crippen molar-refractivity contribution < 1.29 is 9.47 Å². The maximum absolute atomic E-state index is 6.28. The zero-order valence-corrected chi connectivity index (χ0v) is 12.6. The van der Waals surface area contributed by atoms with Crippen molar-refractivity contribution in [1.29, 1.82) is 0 Å². The van der Waals surface area contributed by atoms with Crippen molar-refractivity contribution in [3.8, 4) is 11.5 Å². The summed E-state index contributed by atoms with van der Waals surface area (Å²) in [5, 5.41) is 0. The van der Waals surface area contributed by atoms with Crippen LogP contribution in [0.3, 0.4) is 0 Å². The maximum Gasteiger partial charge on any atom is 0.161 e. The number of benzene rings is 1. The first-order chi connectivity index (χ1) is 9.56. The van der Waals surface area contributed by atoms with E-state index in [2.05, 4.69) is 30.9 Å². The van der Waals surface area contributed by atoms with E-state index in [0.29, 0.717) is 13.2 Å². The maximum atomic E-state index is 6.28. The lowest BCUT2D eigenvalue weighted by Gasteiger charge is -2.24. The van der Waals surface area contributed by atoms with Crippen molar-refractivity contribution in [2.45, 2.75) is 6.04 Å². The van der Waals surface area contributed by atoms with E-state index in [4.69, 9.17) is 15.2 Å².